The van der Waals surface area contributed by atoms with Gasteiger partial charge in [-0.2, -0.15) is 0 Å². The van der Waals surface area contributed by atoms with Crippen molar-refractivity contribution in [2.24, 2.45) is 11.7 Å². The van der Waals surface area contributed by atoms with Gasteiger partial charge in [0.1, 0.15) is 5.82 Å². The Balaban J connectivity index is 2.11. The molecule has 0 amide bonds. The summed E-state index contributed by atoms with van der Waals surface area (Å²) in [6.07, 6.45) is 5.28. The quantitative estimate of drug-likeness (QED) is 0.884. The van der Waals surface area contributed by atoms with Crippen molar-refractivity contribution < 1.29 is 4.39 Å². The van der Waals surface area contributed by atoms with Gasteiger partial charge in [0.15, 0.2) is 0 Å². The maximum absolute atomic E-state index is 14.0. The SMILES string of the molecule is Cc1ccc(F)c(C(CN)N(C)CC2CCCC2)c1. The van der Waals surface area contributed by atoms with Gasteiger partial charge in [-0.25, -0.2) is 4.39 Å². The second-order valence-corrected chi connectivity index (χ2v) is 5.87. The van der Waals surface area contributed by atoms with Crippen molar-refractivity contribution in [3.63, 3.8) is 0 Å². The van der Waals surface area contributed by atoms with E-state index in [1.165, 1.54) is 25.7 Å². The Morgan fingerprint density at radius 1 is 1.37 bits per heavy atom. The Kier molecular flexibility index (Phi) is 4.94. The average Bonchev–Trinajstić information content (AvgIpc) is 2.87. The normalized spacial score (nSPS) is 18.2. The van der Waals surface area contributed by atoms with E-state index < -0.39 is 0 Å². The molecular weight excluding hydrogens is 239 g/mol. The molecule has 1 aliphatic carbocycles. The lowest BCUT2D eigenvalue weighted by Crippen LogP contribution is -2.34. The Morgan fingerprint density at radius 3 is 2.68 bits per heavy atom. The van der Waals surface area contributed by atoms with E-state index in [2.05, 4.69) is 11.9 Å². The minimum atomic E-state index is -0.140. The molecule has 106 valence electrons. The zero-order valence-electron chi connectivity index (χ0n) is 12.0. The van der Waals surface area contributed by atoms with Gasteiger partial charge in [-0.1, -0.05) is 30.5 Å². The lowest BCUT2D eigenvalue weighted by Gasteiger charge is -2.30. The van der Waals surface area contributed by atoms with Gasteiger partial charge in [0.2, 0.25) is 0 Å². The Labute approximate surface area is 115 Å². The predicted octanol–water partition coefficient (Wildman–Crippen LogP) is 3.26. The third-order valence-corrected chi connectivity index (χ3v) is 4.29. The third-order valence-electron chi connectivity index (χ3n) is 4.29. The van der Waals surface area contributed by atoms with Crippen molar-refractivity contribution in [2.75, 3.05) is 20.1 Å². The first-order chi connectivity index (χ1) is 9.11. The lowest BCUT2D eigenvalue weighted by molar-refractivity contribution is 0.208. The second-order valence-electron chi connectivity index (χ2n) is 5.87. The maximum atomic E-state index is 14.0. The van der Waals surface area contributed by atoms with Crippen molar-refractivity contribution in [3.8, 4) is 0 Å². The molecule has 0 radical (unpaired) electrons. The highest BCUT2D eigenvalue weighted by Crippen LogP contribution is 2.29. The van der Waals surface area contributed by atoms with Crippen LogP contribution in [0.5, 0.6) is 0 Å². The van der Waals surface area contributed by atoms with Crippen LogP contribution < -0.4 is 5.73 Å². The monoisotopic (exact) mass is 264 g/mol. The van der Waals surface area contributed by atoms with E-state index in [0.717, 1.165) is 23.6 Å². The van der Waals surface area contributed by atoms with Crippen molar-refractivity contribution >= 4 is 0 Å². The summed E-state index contributed by atoms with van der Waals surface area (Å²) in [5.74, 6) is 0.617. The molecule has 1 aliphatic rings. The number of aryl methyl sites for hydroxylation is 1. The first-order valence-electron chi connectivity index (χ1n) is 7.28. The summed E-state index contributed by atoms with van der Waals surface area (Å²) in [7, 11) is 2.07. The van der Waals surface area contributed by atoms with Crippen LogP contribution in [0.15, 0.2) is 18.2 Å². The van der Waals surface area contributed by atoms with Gasteiger partial charge in [-0.15, -0.1) is 0 Å². The zero-order valence-corrected chi connectivity index (χ0v) is 12.0. The number of nitrogens with zero attached hydrogens (tertiary/aromatic N) is 1. The highest BCUT2D eigenvalue weighted by Gasteiger charge is 2.23. The molecule has 19 heavy (non-hydrogen) atoms. The molecule has 0 aromatic heterocycles. The fourth-order valence-electron chi connectivity index (χ4n) is 3.19. The van der Waals surface area contributed by atoms with E-state index in [4.69, 9.17) is 5.73 Å². The standard InChI is InChI=1S/C16H25FN2/c1-12-7-8-15(17)14(9-12)16(10-18)19(2)11-13-5-3-4-6-13/h7-9,13,16H,3-6,10-11,18H2,1-2H3. The second kappa shape index (κ2) is 6.49. The summed E-state index contributed by atoms with van der Waals surface area (Å²) in [4.78, 5) is 2.23. The van der Waals surface area contributed by atoms with Gasteiger partial charge < -0.3 is 5.73 Å². The molecule has 2 N–H and O–H groups in total. The molecule has 0 heterocycles. The van der Waals surface area contributed by atoms with Crippen LogP contribution >= 0.6 is 0 Å². The number of hydrogen-bond acceptors (Lipinski definition) is 2. The van der Waals surface area contributed by atoms with Gasteiger partial charge in [0, 0.05) is 24.7 Å². The number of hydrogen-bond donors (Lipinski definition) is 1. The van der Waals surface area contributed by atoms with Crippen molar-refractivity contribution in [2.45, 2.75) is 38.6 Å². The molecule has 2 nitrogen and oxygen atoms in total. The van der Waals surface area contributed by atoms with E-state index in [9.17, 15) is 4.39 Å². The smallest absolute Gasteiger partial charge is 0.128 e. The van der Waals surface area contributed by atoms with Crippen LogP contribution in [0.25, 0.3) is 0 Å². The summed E-state index contributed by atoms with van der Waals surface area (Å²) in [6, 6.07) is 5.28. The molecule has 0 saturated heterocycles. The molecule has 0 bridgehead atoms. The molecule has 1 atom stereocenters. The number of likely N-dealkylation sites (N-methyl/N-ethyl adjacent to an activating group) is 1. The molecule has 2 rings (SSSR count). The molecule has 0 spiro atoms. The molecule has 0 aliphatic heterocycles. The number of benzene rings is 1. The van der Waals surface area contributed by atoms with E-state index in [1.54, 1.807) is 6.07 Å². The molecule has 1 unspecified atom stereocenters. The highest BCUT2D eigenvalue weighted by molar-refractivity contribution is 5.27. The van der Waals surface area contributed by atoms with Crippen LogP contribution in [-0.4, -0.2) is 25.0 Å². The zero-order chi connectivity index (χ0) is 13.8. The summed E-state index contributed by atoms with van der Waals surface area (Å²) in [5, 5.41) is 0. The van der Waals surface area contributed by atoms with Crippen molar-refractivity contribution in [3.05, 3.63) is 35.1 Å². The van der Waals surface area contributed by atoms with Crippen LogP contribution in [0.2, 0.25) is 0 Å². The van der Waals surface area contributed by atoms with E-state index in [0.29, 0.717) is 6.54 Å². The van der Waals surface area contributed by atoms with Crippen LogP contribution in [0, 0.1) is 18.7 Å². The van der Waals surface area contributed by atoms with Gasteiger partial charge in [0.25, 0.3) is 0 Å². The Hall–Kier alpha value is -0.930. The minimum absolute atomic E-state index is 0.0134. The van der Waals surface area contributed by atoms with Crippen LogP contribution in [0.1, 0.15) is 42.9 Å². The molecule has 3 heteroatoms. The predicted molar refractivity (Wildman–Crippen MR) is 77.5 cm³/mol. The topological polar surface area (TPSA) is 29.3 Å². The van der Waals surface area contributed by atoms with Crippen molar-refractivity contribution in [1.29, 1.82) is 0 Å². The van der Waals surface area contributed by atoms with Gasteiger partial charge in [-0.05, 0) is 38.8 Å². The largest absolute Gasteiger partial charge is 0.329 e. The van der Waals surface area contributed by atoms with Crippen LogP contribution in [0.3, 0.4) is 0 Å². The molecular formula is C16H25FN2. The average molecular weight is 264 g/mol. The summed E-state index contributed by atoms with van der Waals surface area (Å²) in [6.45, 7) is 3.48. The van der Waals surface area contributed by atoms with E-state index in [1.807, 2.05) is 19.1 Å². The number of rotatable bonds is 5. The molecule has 1 aromatic carbocycles. The Bertz CT molecular complexity index is 413. The number of nitrogens with two attached hydrogens (primary N) is 1. The van der Waals surface area contributed by atoms with Crippen molar-refractivity contribution in [1.82, 2.24) is 4.90 Å². The fourth-order valence-corrected chi connectivity index (χ4v) is 3.19. The molecule has 1 aromatic rings. The molecule has 1 saturated carbocycles. The lowest BCUT2D eigenvalue weighted by atomic mass is 10.0. The van der Waals surface area contributed by atoms with Crippen LogP contribution in [-0.2, 0) is 0 Å². The summed E-state index contributed by atoms with van der Waals surface area (Å²) in [5.41, 5.74) is 7.72. The first kappa shape index (κ1) is 14.5. The third kappa shape index (κ3) is 3.54. The maximum Gasteiger partial charge on any atom is 0.128 e. The van der Waals surface area contributed by atoms with E-state index >= 15 is 0 Å². The fraction of sp³-hybridized carbons (Fsp3) is 0.625. The van der Waals surface area contributed by atoms with E-state index in [-0.39, 0.29) is 11.9 Å². The van der Waals surface area contributed by atoms with Gasteiger partial charge in [0.05, 0.1) is 0 Å². The number of halogens is 1. The minimum Gasteiger partial charge on any atom is -0.329 e. The Morgan fingerprint density at radius 2 is 2.05 bits per heavy atom. The summed E-state index contributed by atoms with van der Waals surface area (Å²) < 4.78 is 14.0. The van der Waals surface area contributed by atoms with Crippen LogP contribution in [0.4, 0.5) is 4.39 Å². The van der Waals surface area contributed by atoms with Gasteiger partial charge >= 0.3 is 0 Å². The molecule has 1 fully saturated rings. The first-order valence-corrected chi connectivity index (χ1v) is 7.28. The highest BCUT2D eigenvalue weighted by atomic mass is 19.1. The summed E-state index contributed by atoms with van der Waals surface area (Å²) >= 11 is 0. The van der Waals surface area contributed by atoms with Gasteiger partial charge in [-0.3, -0.25) is 4.90 Å².